The third-order valence-corrected chi connectivity index (χ3v) is 2.60. The Kier molecular flexibility index (Phi) is 3.92. The summed E-state index contributed by atoms with van der Waals surface area (Å²) in [6.07, 6.45) is -0.312. The first kappa shape index (κ1) is 14.3. The minimum Gasteiger partial charge on any atom is -0.495 e. The van der Waals surface area contributed by atoms with Gasteiger partial charge in [-0.15, -0.1) is 0 Å². The molecule has 2 aromatic rings. The Morgan fingerprint density at radius 2 is 1.85 bits per heavy atom. The monoisotopic (exact) mass is 284 g/mol. The normalized spacial score (nSPS) is 11.4. The van der Waals surface area contributed by atoms with Gasteiger partial charge in [-0.05, 0) is 29.3 Å². The van der Waals surface area contributed by atoms with Gasteiger partial charge in [0, 0.05) is 12.6 Å². The van der Waals surface area contributed by atoms with Crippen LogP contribution in [0.5, 0.6) is 5.75 Å². The van der Waals surface area contributed by atoms with E-state index in [0.29, 0.717) is 11.3 Å². The lowest BCUT2D eigenvalue weighted by Gasteiger charge is -2.10. The van der Waals surface area contributed by atoms with Gasteiger partial charge in [0.25, 0.3) is 0 Å². The molecule has 0 unspecified atom stereocenters. The molecule has 0 aliphatic rings. The highest BCUT2D eigenvalue weighted by atomic mass is 19.4. The smallest absolute Gasteiger partial charge is 0.419 e. The number of rotatable bonds is 3. The van der Waals surface area contributed by atoms with E-state index in [4.69, 9.17) is 4.74 Å². The van der Waals surface area contributed by atoms with Crippen molar-refractivity contribution in [3.05, 3.63) is 65.6 Å². The van der Waals surface area contributed by atoms with Gasteiger partial charge in [0.1, 0.15) is 11.6 Å². The van der Waals surface area contributed by atoms with Gasteiger partial charge in [-0.3, -0.25) is 4.98 Å². The maximum atomic E-state index is 13.2. The predicted molar refractivity (Wildman–Crippen MR) is 64.7 cm³/mol. The van der Waals surface area contributed by atoms with Crippen LogP contribution in [0.2, 0.25) is 0 Å². The Labute approximate surface area is 113 Å². The fraction of sp³-hybridized carbons (Fsp3) is 0.143. The predicted octanol–water partition coefficient (Wildman–Crippen LogP) is 3.85. The van der Waals surface area contributed by atoms with Crippen LogP contribution in [0.15, 0.2) is 36.7 Å². The molecule has 2 nitrogen and oxygen atoms in total. The van der Waals surface area contributed by atoms with Crippen molar-refractivity contribution in [2.75, 3.05) is 7.11 Å². The van der Waals surface area contributed by atoms with Crippen LogP contribution in [0, 0.1) is 12.2 Å². The van der Waals surface area contributed by atoms with Crippen LogP contribution >= 0.6 is 0 Å². The number of benzene rings is 1. The zero-order valence-corrected chi connectivity index (χ0v) is 10.4. The molecular weight excluding hydrogens is 274 g/mol. The van der Waals surface area contributed by atoms with E-state index in [2.05, 4.69) is 4.98 Å². The highest BCUT2D eigenvalue weighted by Crippen LogP contribution is 2.32. The van der Waals surface area contributed by atoms with Crippen LogP contribution in [-0.4, -0.2) is 12.1 Å². The standard InChI is InChI=1S/C14H10F4NO/c1-20-11-5-10(7-19-8-11)4-9-2-3-13(15)12(6-9)14(16,17)18/h2-8H,1H3. The summed E-state index contributed by atoms with van der Waals surface area (Å²) in [5.74, 6) is -0.810. The fourth-order valence-electron chi connectivity index (χ4n) is 1.67. The second kappa shape index (κ2) is 5.48. The van der Waals surface area contributed by atoms with Crippen LogP contribution in [0.3, 0.4) is 0 Å². The van der Waals surface area contributed by atoms with Crippen molar-refractivity contribution < 1.29 is 22.3 Å². The summed E-state index contributed by atoms with van der Waals surface area (Å²) in [5, 5.41) is 0. The minimum absolute atomic E-state index is 0.230. The summed E-state index contributed by atoms with van der Waals surface area (Å²) in [6, 6.07) is 4.44. The van der Waals surface area contributed by atoms with E-state index in [-0.39, 0.29) is 5.56 Å². The van der Waals surface area contributed by atoms with Crippen LogP contribution in [0.1, 0.15) is 16.7 Å². The number of halogens is 4. The average Bonchev–Trinajstić information content (AvgIpc) is 2.40. The Hall–Kier alpha value is -2.11. The lowest BCUT2D eigenvalue weighted by atomic mass is 10.0. The molecule has 2 rings (SSSR count). The van der Waals surface area contributed by atoms with Crippen LogP contribution in [-0.2, 0) is 6.18 Å². The number of nitrogens with zero attached hydrogens (tertiary/aromatic N) is 1. The summed E-state index contributed by atoms with van der Waals surface area (Å²) >= 11 is 0. The molecule has 0 amide bonds. The Bertz CT molecular complexity index is 610. The third-order valence-electron chi connectivity index (χ3n) is 2.60. The zero-order valence-electron chi connectivity index (χ0n) is 10.4. The second-order valence-electron chi connectivity index (χ2n) is 4.04. The topological polar surface area (TPSA) is 22.1 Å². The van der Waals surface area contributed by atoms with Crippen LogP contribution < -0.4 is 4.74 Å². The molecule has 0 N–H and O–H groups in total. The maximum Gasteiger partial charge on any atom is 0.419 e. The Morgan fingerprint density at radius 3 is 2.50 bits per heavy atom. The summed E-state index contributed by atoms with van der Waals surface area (Å²) in [7, 11) is 1.46. The van der Waals surface area contributed by atoms with Crippen molar-refractivity contribution in [1.82, 2.24) is 4.98 Å². The van der Waals surface area contributed by atoms with E-state index < -0.39 is 17.6 Å². The quantitative estimate of drug-likeness (QED) is 0.799. The number of hydrogen-bond donors (Lipinski definition) is 0. The molecule has 0 aliphatic carbocycles. The molecule has 1 aromatic carbocycles. The fourth-order valence-corrected chi connectivity index (χ4v) is 1.67. The highest BCUT2D eigenvalue weighted by Gasteiger charge is 2.34. The lowest BCUT2D eigenvalue weighted by Crippen LogP contribution is -2.08. The summed E-state index contributed by atoms with van der Waals surface area (Å²) in [5.41, 5.74) is -0.500. The van der Waals surface area contributed by atoms with Crippen molar-refractivity contribution in [2.24, 2.45) is 0 Å². The molecule has 0 saturated heterocycles. The first-order valence-corrected chi connectivity index (χ1v) is 5.60. The third kappa shape index (κ3) is 3.26. The molecule has 0 saturated carbocycles. The van der Waals surface area contributed by atoms with Gasteiger partial charge in [0.15, 0.2) is 0 Å². The molecular formula is C14H10F4NO. The Balaban J connectivity index is 2.30. The van der Waals surface area contributed by atoms with E-state index in [0.717, 1.165) is 12.1 Å². The van der Waals surface area contributed by atoms with Gasteiger partial charge >= 0.3 is 6.18 Å². The van der Waals surface area contributed by atoms with Gasteiger partial charge in [0.2, 0.25) is 0 Å². The number of methoxy groups -OCH3 is 1. The molecule has 1 radical (unpaired) electrons. The highest BCUT2D eigenvalue weighted by molar-refractivity contribution is 5.41. The van der Waals surface area contributed by atoms with Gasteiger partial charge in [-0.2, -0.15) is 13.2 Å². The largest absolute Gasteiger partial charge is 0.495 e. The molecule has 0 aliphatic heterocycles. The van der Waals surface area contributed by atoms with Gasteiger partial charge < -0.3 is 4.74 Å². The van der Waals surface area contributed by atoms with Crippen molar-refractivity contribution >= 4 is 0 Å². The average molecular weight is 284 g/mol. The summed E-state index contributed by atoms with van der Waals surface area (Å²) < 4.78 is 55.9. The molecule has 105 valence electrons. The van der Waals surface area contributed by atoms with Crippen molar-refractivity contribution in [3.63, 3.8) is 0 Å². The second-order valence-corrected chi connectivity index (χ2v) is 4.04. The van der Waals surface area contributed by atoms with E-state index in [1.807, 2.05) is 0 Å². The molecule has 0 bridgehead atoms. The SMILES string of the molecule is COc1cncc([CH]c2ccc(F)c(C(F)(F)F)c2)c1. The molecule has 0 atom stereocenters. The van der Waals surface area contributed by atoms with Crippen molar-refractivity contribution in [1.29, 1.82) is 0 Å². The van der Waals surface area contributed by atoms with Crippen LogP contribution in [0.4, 0.5) is 17.6 Å². The number of pyridine rings is 1. The number of alkyl halides is 3. The van der Waals surface area contributed by atoms with E-state index >= 15 is 0 Å². The van der Waals surface area contributed by atoms with E-state index in [9.17, 15) is 17.6 Å². The maximum absolute atomic E-state index is 13.2. The first-order valence-electron chi connectivity index (χ1n) is 5.60. The van der Waals surface area contributed by atoms with E-state index in [1.54, 1.807) is 6.07 Å². The minimum atomic E-state index is -4.72. The molecule has 0 spiro atoms. The van der Waals surface area contributed by atoms with Crippen molar-refractivity contribution in [3.8, 4) is 5.75 Å². The van der Waals surface area contributed by atoms with Gasteiger partial charge in [0.05, 0.1) is 18.9 Å². The lowest BCUT2D eigenvalue weighted by molar-refractivity contribution is -0.140. The van der Waals surface area contributed by atoms with Crippen molar-refractivity contribution in [2.45, 2.75) is 6.18 Å². The molecule has 0 fully saturated rings. The molecule has 1 aromatic heterocycles. The van der Waals surface area contributed by atoms with Gasteiger partial charge in [-0.25, -0.2) is 4.39 Å². The molecule has 1 heterocycles. The number of aromatic nitrogens is 1. The summed E-state index contributed by atoms with van der Waals surface area (Å²) in [6.45, 7) is 0. The zero-order chi connectivity index (χ0) is 14.8. The molecule has 6 heteroatoms. The summed E-state index contributed by atoms with van der Waals surface area (Å²) in [4.78, 5) is 3.89. The Morgan fingerprint density at radius 1 is 1.10 bits per heavy atom. The first-order chi connectivity index (χ1) is 9.40. The van der Waals surface area contributed by atoms with Gasteiger partial charge in [-0.1, -0.05) is 6.07 Å². The number of hydrogen-bond acceptors (Lipinski definition) is 2. The van der Waals surface area contributed by atoms with Crippen LogP contribution in [0.25, 0.3) is 0 Å². The van der Waals surface area contributed by atoms with E-state index in [1.165, 1.54) is 32.0 Å². The number of ether oxygens (including phenoxy) is 1. The molecule has 20 heavy (non-hydrogen) atoms.